The Morgan fingerprint density at radius 1 is 1.06 bits per heavy atom. The predicted octanol–water partition coefficient (Wildman–Crippen LogP) is 3.01. The number of hydrogen-bond acceptors (Lipinski definition) is 4. The van der Waals surface area contributed by atoms with E-state index in [0.29, 0.717) is 13.2 Å². The SMILES string of the molecule is CC(=O)OCC(CCO[Si](C)(C)C)O[Si](C)(C)C. The van der Waals surface area contributed by atoms with E-state index in [2.05, 4.69) is 39.3 Å². The average molecular weight is 293 g/mol. The van der Waals surface area contributed by atoms with Crippen LogP contribution in [-0.4, -0.2) is 41.9 Å². The van der Waals surface area contributed by atoms with Gasteiger partial charge < -0.3 is 13.6 Å². The van der Waals surface area contributed by atoms with Crippen LogP contribution < -0.4 is 0 Å². The molecule has 0 bridgehead atoms. The summed E-state index contributed by atoms with van der Waals surface area (Å²) in [4.78, 5) is 10.9. The topological polar surface area (TPSA) is 44.8 Å². The molecule has 0 N–H and O–H groups in total. The zero-order valence-corrected chi connectivity index (χ0v) is 14.8. The second-order valence-corrected chi connectivity index (χ2v) is 15.4. The van der Waals surface area contributed by atoms with Crippen molar-refractivity contribution in [2.24, 2.45) is 0 Å². The second kappa shape index (κ2) is 7.42. The van der Waals surface area contributed by atoms with E-state index < -0.39 is 16.6 Å². The molecule has 0 aliphatic heterocycles. The summed E-state index contributed by atoms with van der Waals surface area (Å²) >= 11 is 0. The minimum atomic E-state index is -1.62. The van der Waals surface area contributed by atoms with E-state index in [1.807, 2.05) is 0 Å². The zero-order valence-electron chi connectivity index (χ0n) is 12.8. The molecule has 108 valence electrons. The van der Waals surface area contributed by atoms with E-state index in [9.17, 15) is 4.79 Å². The van der Waals surface area contributed by atoms with Gasteiger partial charge in [-0.25, -0.2) is 0 Å². The van der Waals surface area contributed by atoms with E-state index in [0.717, 1.165) is 6.42 Å². The number of carbonyl (C=O) groups is 1. The van der Waals surface area contributed by atoms with Gasteiger partial charge in [0.1, 0.15) is 6.61 Å². The summed E-state index contributed by atoms with van der Waals surface area (Å²) in [5.41, 5.74) is 0. The maximum atomic E-state index is 10.9. The first-order valence-corrected chi connectivity index (χ1v) is 13.3. The quantitative estimate of drug-likeness (QED) is 0.509. The van der Waals surface area contributed by atoms with Crippen LogP contribution in [0.1, 0.15) is 13.3 Å². The predicted molar refractivity (Wildman–Crippen MR) is 78.8 cm³/mol. The van der Waals surface area contributed by atoms with Gasteiger partial charge in [-0.1, -0.05) is 0 Å². The van der Waals surface area contributed by atoms with Crippen LogP contribution in [0, 0.1) is 0 Å². The molecule has 0 amide bonds. The van der Waals surface area contributed by atoms with Crippen LogP contribution in [0.15, 0.2) is 0 Å². The number of esters is 1. The molecule has 0 fully saturated rings. The third-order valence-electron chi connectivity index (χ3n) is 1.97. The molecule has 0 radical (unpaired) electrons. The first-order chi connectivity index (χ1) is 7.99. The summed E-state index contributed by atoms with van der Waals surface area (Å²) in [5, 5.41) is 0. The lowest BCUT2D eigenvalue weighted by Gasteiger charge is -2.27. The summed E-state index contributed by atoms with van der Waals surface area (Å²) in [6, 6.07) is 0. The van der Waals surface area contributed by atoms with Gasteiger partial charge in [0, 0.05) is 13.5 Å². The lowest BCUT2D eigenvalue weighted by Crippen LogP contribution is -2.36. The Hall–Kier alpha value is -0.176. The van der Waals surface area contributed by atoms with Crippen molar-refractivity contribution in [2.45, 2.75) is 58.7 Å². The highest BCUT2D eigenvalue weighted by atomic mass is 28.4. The van der Waals surface area contributed by atoms with Crippen LogP contribution in [0.5, 0.6) is 0 Å². The Bertz CT molecular complexity index is 256. The molecule has 0 aromatic rings. The summed E-state index contributed by atoms with van der Waals surface area (Å²) in [6.45, 7) is 15.3. The van der Waals surface area contributed by atoms with E-state index in [1.54, 1.807) is 0 Å². The Morgan fingerprint density at radius 2 is 1.61 bits per heavy atom. The van der Waals surface area contributed by atoms with Crippen molar-refractivity contribution in [1.82, 2.24) is 0 Å². The van der Waals surface area contributed by atoms with E-state index in [1.165, 1.54) is 6.92 Å². The van der Waals surface area contributed by atoms with Crippen LogP contribution in [0.3, 0.4) is 0 Å². The van der Waals surface area contributed by atoms with E-state index in [-0.39, 0.29) is 12.1 Å². The van der Waals surface area contributed by atoms with Crippen molar-refractivity contribution in [2.75, 3.05) is 13.2 Å². The molecule has 1 atom stereocenters. The molecule has 0 saturated carbocycles. The van der Waals surface area contributed by atoms with Gasteiger partial charge in [-0.3, -0.25) is 4.79 Å². The van der Waals surface area contributed by atoms with Crippen LogP contribution in [0.4, 0.5) is 0 Å². The molecule has 18 heavy (non-hydrogen) atoms. The Kier molecular flexibility index (Phi) is 7.35. The molecule has 0 aliphatic rings. The molecule has 4 nitrogen and oxygen atoms in total. The second-order valence-electron chi connectivity index (χ2n) is 6.40. The monoisotopic (exact) mass is 292 g/mol. The van der Waals surface area contributed by atoms with Crippen molar-refractivity contribution in [1.29, 1.82) is 0 Å². The highest BCUT2D eigenvalue weighted by molar-refractivity contribution is 6.70. The molecular weight excluding hydrogens is 264 g/mol. The number of rotatable bonds is 8. The number of carbonyl (C=O) groups excluding carboxylic acids is 1. The summed E-state index contributed by atoms with van der Waals surface area (Å²) in [5.74, 6) is -0.259. The summed E-state index contributed by atoms with van der Waals surface area (Å²) in [7, 11) is -3.10. The van der Waals surface area contributed by atoms with Gasteiger partial charge in [-0.15, -0.1) is 0 Å². The molecule has 0 rings (SSSR count). The molecule has 0 heterocycles. The Labute approximate surface area is 113 Å². The molecule has 1 unspecified atom stereocenters. The minimum absolute atomic E-state index is 0.0445. The maximum Gasteiger partial charge on any atom is 0.302 e. The van der Waals surface area contributed by atoms with Crippen molar-refractivity contribution in [3.63, 3.8) is 0 Å². The molecule has 0 aromatic carbocycles. The minimum Gasteiger partial charge on any atom is -0.463 e. The molecule has 0 saturated heterocycles. The van der Waals surface area contributed by atoms with Crippen LogP contribution in [0.2, 0.25) is 39.3 Å². The van der Waals surface area contributed by atoms with E-state index >= 15 is 0 Å². The smallest absolute Gasteiger partial charge is 0.302 e. The first kappa shape index (κ1) is 17.8. The Morgan fingerprint density at radius 3 is 2.00 bits per heavy atom. The Balaban J connectivity index is 4.16. The highest BCUT2D eigenvalue weighted by Crippen LogP contribution is 2.12. The number of hydrogen-bond donors (Lipinski definition) is 0. The standard InChI is InChI=1S/C12H28O4Si2/c1-11(13)14-10-12(16-18(5,6)7)8-9-15-17(2,3)4/h12H,8-10H2,1-7H3. The van der Waals surface area contributed by atoms with Gasteiger partial charge in [-0.05, 0) is 45.7 Å². The fourth-order valence-electron chi connectivity index (χ4n) is 1.38. The van der Waals surface area contributed by atoms with Crippen molar-refractivity contribution in [3.8, 4) is 0 Å². The molecular formula is C12H28O4Si2. The van der Waals surface area contributed by atoms with Gasteiger partial charge in [-0.2, -0.15) is 0 Å². The van der Waals surface area contributed by atoms with Gasteiger partial charge in [0.25, 0.3) is 0 Å². The molecule has 6 heteroatoms. The van der Waals surface area contributed by atoms with Crippen molar-refractivity contribution in [3.05, 3.63) is 0 Å². The van der Waals surface area contributed by atoms with Crippen LogP contribution >= 0.6 is 0 Å². The van der Waals surface area contributed by atoms with Gasteiger partial charge >= 0.3 is 5.97 Å². The summed E-state index contributed by atoms with van der Waals surface area (Å²) < 4.78 is 16.9. The average Bonchev–Trinajstić information content (AvgIpc) is 2.09. The number of ether oxygens (including phenoxy) is 1. The summed E-state index contributed by atoms with van der Waals surface area (Å²) in [6.07, 6.45) is 0.735. The van der Waals surface area contributed by atoms with E-state index in [4.69, 9.17) is 13.6 Å². The van der Waals surface area contributed by atoms with Gasteiger partial charge in [0.15, 0.2) is 16.6 Å². The molecule has 0 spiro atoms. The van der Waals surface area contributed by atoms with Crippen molar-refractivity contribution < 1.29 is 18.4 Å². The zero-order chi connectivity index (χ0) is 14.4. The lowest BCUT2D eigenvalue weighted by atomic mass is 10.3. The van der Waals surface area contributed by atoms with Crippen LogP contribution in [-0.2, 0) is 18.4 Å². The molecule has 0 aromatic heterocycles. The van der Waals surface area contributed by atoms with Gasteiger partial charge in [0.05, 0.1) is 6.10 Å². The van der Waals surface area contributed by atoms with Crippen molar-refractivity contribution >= 4 is 22.6 Å². The highest BCUT2D eigenvalue weighted by Gasteiger charge is 2.23. The normalized spacial score (nSPS) is 14.4. The molecule has 0 aliphatic carbocycles. The third-order valence-corrected chi connectivity index (χ3v) is 4.08. The fourth-order valence-corrected chi connectivity index (χ4v) is 3.30. The third kappa shape index (κ3) is 12.3. The van der Waals surface area contributed by atoms with Gasteiger partial charge in [0.2, 0.25) is 0 Å². The lowest BCUT2D eigenvalue weighted by molar-refractivity contribution is -0.143. The first-order valence-electron chi connectivity index (χ1n) is 6.45. The largest absolute Gasteiger partial charge is 0.463 e. The maximum absolute atomic E-state index is 10.9. The van der Waals surface area contributed by atoms with Crippen LogP contribution in [0.25, 0.3) is 0 Å². The fraction of sp³-hybridized carbons (Fsp3) is 0.917.